The Labute approximate surface area is 344 Å². The van der Waals surface area contributed by atoms with Crippen LogP contribution in [0.2, 0.25) is 0 Å². The van der Waals surface area contributed by atoms with E-state index in [9.17, 15) is 9.59 Å². The third kappa shape index (κ3) is 5.11. The van der Waals surface area contributed by atoms with Crippen LogP contribution in [0.15, 0.2) is 216 Å². The Balaban J connectivity index is 1.03. The average molecular weight is 767 g/mol. The molecule has 0 N–H and O–H groups in total. The Bertz CT molecular complexity index is 3590. The molecule has 12 rings (SSSR count). The topological polar surface area (TPSA) is 44.0 Å². The first-order chi connectivity index (χ1) is 29.6. The Morgan fingerprint density at radius 1 is 0.233 bits per heavy atom. The fourth-order valence-electron chi connectivity index (χ4n) is 9.50. The molecule has 2 heterocycles. The highest BCUT2D eigenvalue weighted by atomic mass is 16.1. The molecule has 0 unspecified atom stereocenters. The fraction of sp³-hybridized carbons (Fsp3) is 0. The van der Waals surface area contributed by atoms with Gasteiger partial charge in [-0.3, -0.25) is 18.7 Å². The van der Waals surface area contributed by atoms with Gasteiger partial charge < -0.3 is 0 Å². The van der Waals surface area contributed by atoms with E-state index in [4.69, 9.17) is 0 Å². The molecule has 0 atom stereocenters. The minimum atomic E-state index is -0.0209. The zero-order chi connectivity index (χ0) is 39.9. The summed E-state index contributed by atoms with van der Waals surface area (Å²) >= 11 is 0. The van der Waals surface area contributed by atoms with E-state index < -0.39 is 0 Å². The van der Waals surface area contributed by atoms with Gasteiger partial charge in [0.1, 0.15) is 0 Å². The first kappa shape index (κ1) is 34.0. The van der Waals surface area contributed by atoms with Gasteiger partial charge in [0.05, 0.1) is 11.0 Å². The van der Waals surface area contributed by atoms with Gasteiger partial charge in [-0.15, -0.1) is 0 Å². The average Bonchev–Trinajstić information content (AvgIpc) is 3.32. The lowest BCUT2D eigenvalue weighted by Crippen LogP contribution is -2.19. The molecule has 0 spiro atoms. The van der Waals surface area contributed by atoms with Crippen LogP contribution in [0, 0.1) is 0 Å². The summed E-state index contributed by atoms with van der Waals surface area (Å²) < 4.78 is 3.66. The van der Waals surface area contributed by atoms with Crippen LogP contribution in [-0.2, 0) is 0 Å². The van der Waals surface area contributed by atoms with Crippen molar-refractivity contribution in [1.29, 1.82) is 0 Å². The Morgan fingerprint density at radius 3 is 0.900 bits per heavy atom. The van der Waals surface area contributed by atoms with Crippen molar-refractivity contribution in [3.8, 4) is 33.6 Å². The molecule has 60 heavy (non-hydrogen) atoms. The molecular weight excluding hydrogens is 733 g/mol. The summed E-state index contributed by atoms with van der Waals surface area (Å²) in [4.78, 5) is 27.8. The molecule has 0 bridgehead atoms. The van der Waals surface area contributed by atoms with Crippen molar-refractivity contribution in [2.24, 2.45) is 0 Å². The summed E-state index contributed by atoms with van der Waals surface area (Å²) in [6.45, 7) is 0. The summed E-state index contributed by atoms with van der Waals surface area (Å²) in [5.74, 6) is 0. The molecule has 0 radical (unpaired) electrons. The number of nitrogens with zero attached hydrogens (tertiary/aromatic N) is 2. The van der Waals surface area contributed by atoms with E-state index in [1.54, 1.807) is 0 Å². The smallest absolute Gasteiger partial charge is 0.263 e. The number of para-hydroxylation sites is 2. The Kier molecular flexibility index (Phi) is 7.50. The maximum atomic E-state index is 13.9. The van der Waals surface area contributed by atoms with Crippen LogP contribution >= 0.6 is 0 Å². The summed E-state index contributed by atoms with van der Waals surface area (Å²) in [5, 5.41) is 12.5. The van der Waals surface area contributed by atoms with Crippen LogP contribution in [0.5, 0.6) is 0 Å². The largest absolute Gasteiger partial charge is 0.276 e. The lowest BCUT2D eigenvalue weighted by atomic mass is 9.90. The number of hydrogen-bond donors (Lipinski definition) is 0. The fourth-order valence-corrected chi connectivity index (χ4v) is 9.50. The van der Waals surface area contributed by atoms with Crippen LogP contribution in [-0.4, -0.2) is 9.13 Å². The molecule has 12 aromatic rings. The van der Waals surface area contributed by atoms with Crippen molar-refractivity contribution in [3.63, 3.8) is 0 Å². The molecule has 0 aliphatic carbocycles. The van der Waals surface area contributed by atoms with Gasteiger partial charge in [0.15, 0.2) is 0 Å². The van der Waals surface area contributed by atoms with Gasteiger partial charge in [-0.1, -0.05) is 133 Å². The summed E-state index contributed by atoms with van der Waals surface area (Å²) in [7, 11) is 0. The SMILES string of the molecule is O=c1c2ccccc2c2cc(-c3ccc4c5ccc(-c6ccc7c(c6)c6ccccc6c(=O)n7-c6ccccc6)cc5c5ccccc5c4c3)ccc2n1-c1ccccc1. The molecule has 10 aromatic carbocycles. The quantitative estimate of drug-likeness (QED) is 0.167. The lowest BCUT2D eigenvalue weighted by molar-refractivity contribution is 1.06. The monoisotopic (exact) mass is 766 g/mol. The van der Waals surface area contributed by atoms with E-state index in [1.165, 1.54) is 32.3 Å². The van der Waals surface area contributed by atoms with Gasteiger partial charge in [-0.2, -0.15) is 0 Å². The molecule has 4 nitrogen and oxygen atoms in total. The molecule has 0 amide bonds. The number of rotatable bonds is 4. The lowest BCUT2D eigenvalue weighted by Gasteiger charge is -2.16. The van der Waals surface area contributed by atoms with E-state index in [1.807, 2.05) is 106 Å². The molecule has 0 aliphatic heterocycles. The van der Waals surface area contributed by atoms with E-state index in [2.05, 4.69) is 109 Å². The number of aromatic nitrogens is 2. The van der Waals surface area contributed by atoms with Crippen molar-refractivity contribution in [2.75, 3.05) is 0 Å². The Morgan fingerprint density at radius 2 is 0.517 bits per heavy atom. The third-order valence-electron chi connectivity index (χ3n) is 12.3. The molecular formula is C56H34N2O2. The molecule has 4 heteroatoms. The molecule has 0 saturated carbocycles. The highest BCUT2D eigenvalue weighted by molar-refractivity contribution is 6.26. The third-order valence-corrected chi connectivity index (χ3v) is 12.3. The minimum absolute atomic E-state index is 0.0209. The van der Waals surface area contributed by atoms with Crippen molar-refractivity contribution >= 4 is 75.7 Å². The van der Waals surface area contributed by atoms with Gasteiger partial charge in [-0.05, 0) is 138 Å². The number of benzene rings is 10. The van der Waals surface area contributed by atoms with Gasteiger partial charge in [0, 0.05) is 32.9 Å². The van der Waals surface area contributed by atoms with Crippen LogP contribution in [0.4, 0.5) is 0 Å². The molecule has 280 valence electrons. The van der Waals surface area contributed by atoms with Crippen LogP contribution in [0.25, 0.3) is 109 Å². The molecule has 2 aromatic heterocycles. The second kappa shape index (κ2) is 13.2. The van der Waals surface area contributed by atoms with Crippen molar-refractivity contribution in [3.05, 3.63) is 227 Å². The summed E-state index contributed by atoms with van der Waals surface area (Å²) in [6.07, 6.45) is 0. The second-order valence-electron chi connectivity index (χ2n) is 15.6. The van der Waals surface area contributed by atoms with Gasteiger partial charge in [0.2, 0.25) is 0 Å². The molecule has 0 aliphatic rings. The maximum Gasteiger partial charge on any atom is 0.263 e. The highest BCUT2D eigenvalue weighted by Crippen LogP contribution is 2.40. The van der Waals surface area contributed by atoms with E-state index in [0.717, 1.165) is 66.2 Å². The zero-order valence-electron chi connectivity index (χ0n) is 32.3. The predicted molar refractivity (Wildman–Crippen MR) is 251 cm³/mol. The summed E-state index contributed by atoms with van der Waals surface area (Å²) in [6, 6.07) is 70.8. The van der Waals surface area contributed by atoms with Gasteiger partial charge in [-0.25, -0.2) is 0 Å². The van der Waals surface area contributed by atoms with E-state index in [-0.39, 0.29) is 11.1 Å². The predicted octanol–water partition coefficient (Wildman–Crippen LogP) is 13.4. The van der Waals surface area contributed by atoms with E-state index >= 15 is 0 Å². The number of fused-ring (bicyclic) bond motifs is 12. The van der Waals surface area contributed by atoms with Crippen molar-refractivity contribution in [1.82, 2.24) is 9.13 Å². The Hall–Kier alpha value is -8.08. The summed E-state index contributed by atoms with van der Waals surface area (Å²) in [5.41, 5.74) is 7.83. The van der Waals surface area contributed by atoms with Crippen molar-refractivity contribution in [2.45, 2.75) is 0 Å². The number of hydrogen-bond acceptors (Lipinski definition) is 2. The molecule has 0 fully saturated rings. The zero-order valence-corrected chi connectivity index (χ0v) is 32.3. The van der Waals surface area contributed by atoms with Crippen LogP contribution < -0.4 is 11.1 Å². The minimum Gasteiger partial charge on any atom is -0.276 e. The first-order valence-corrected chi connectivity index (χ1v) is 20.3. The normalized spacial score (nSPS) is 11.8. The number of pyridine rings is 2. The van der Waals surface area contributed by atoms with Gasteiger partial charge >= 0.3 is 0 Å². The standard InChI is InChI=1S/C56H34N2O2/c59-55-47-21-11-9-19-43(47)51-33-37(25-29-53(51)57(55)39-13-3-1-4-14-39)35-23-27-45-46-28-24-36(32-50(46)42-18-8-7-17-41(42)49(45)31-35)38-26-30-54-52(34-38)44-20-10-12-22-48(44)56(60)58(54)40-15-5-2-6-16-40/h1-34H. The second-order valence-corrected chi connectivity index (χ2v) is 15.6. The molecule has 0 saturated heterocycles. The van der Waals surface area contributed by atoms with E-state index in [0.29, 0.717) is 10.8 Å². The van der Waals surface area contributed by atoms with Gasteiger partial charge in [0.25, 0.3) is 11.1 Å². The first-order valence-electron chi connectivity index (χ1n) is 20.3. The van der Waals surface area contributed by atoms with Crippen LogP contribution in [0.3, 0.4) is 0 Å². The maximum absolute atomic E-state index is 13.9. The highest BCUT2D eigenvalue weighted by Gasteiger charge is 2.17. The van der Waals surface area contributed by atoms with Crippen molar-refractivity contribution < 1.29 is 0 Å². The van der Waals surface area contributed by atoms with Crippen LogP contribution in [0.1, 0.15) is 0 Å².